The van der Waals surface area contributed by atoms with E-state index in [4.69, 9.17) is 14.7 Å². The molecule has 0 amide bonds. The van der Waals surface area contributed by atoms with Gasteiger partial charge in [0.15, 0.2) is 0 Å². The molecule has 0 bridgehead atoms. The van der Waals surface area contributed by atoms with E-state index in [2.05, 4.69) is 33.0 Å². The Labute approximate surface area is 129 Å². The summed E-state index contributed by atoms with van der Waals surface area (Å²) in [6.45, 7) is 11.4. The Balaban J connectivity index is 2.80. The molecule has 1 N–H and O–H groups in total. The Morgan fingerprint density at radius 2 is 1.67 bits per heavy atom. The molecule has 0 saturated heterocycles. The van der Waals surface area contributed by atoms with Crippen LogP contribution in [0.1, 0.15) is 50.5 Å². The molecule has 0 spiro atoms. The Morgan fingerprint density at radius 3 is 2.14 bits per heavy atom. The normalized spacial score (nSPS) is 11.3. The van der Waals surface area contributed by atoms with Crippen molar-refractivity contribution in [3.8, 4) is 0 Å². The molecule has 0 aromatic carbocycles. The first-order valence-electron chi connectivity index (χ1n) is 8.19. The van der Waals surface area contributed by atoms with E-state index >= 15 is 0 Å². The van der Waals surface area contributed by atoms with Crippen LogP contribution in [0.5, 0.6) is 0 Å². The molecule has 4 heteroatoms. The molecule has 1 aromatic heterocycles. The van der Waals surface area contributed by atoms with Gasteiger partial charge in [0.05, 0.1) is 6.61 Å². The van der Waals surface area contributed by atoms with E-state index in [0.717, 1.165) is 51.2 Å². The quantitative estimate of drug-likeness (QED) is 0.674. The molecule has 0 radical (unpaired) electrons. The third-order valence-corrected chi connectivity index (χ3v) is 3.52. The number of nitrogens with zero attached hydrogens (tertiary/aromatic N) is 2. The van der Waals surface area contributed by atoms with Gasteiger partial charge in [-0.2, -0.15) is 0 Å². The van der Waals surface area contributed by atoms with Crippen molar-refractivity contribution < 1.29 is 4.74 Å². The minimum atomic E-state index is 0.598. The molecule has 0 atom stereocenters. The molecule has 0 aliphatic carbocycles. The van der Waals surface area contributed by atoms with E-state index < -0.39 is 0 Å². The summed E-state index contributed by atoms with van der Waals surface area (Å²) in [5, 5.41) is 3.40. The zero-order chi connectivity index (χ0) is 15.7. The van der Waals surface area contributed by atoms with Crippen LogP contribution in [0.15, 0.2) is 0 Å². The summed E-state index contributed by atoms with van der Waals surface area (Å²) in [5.41, 5.74) is 3.80. The smallest absolute Gasteiger partial charge is 0.129 e. The predicted molar refractivity (Wildman–Crippen MR) is 87.8 cm³/mol. The highest BCUT2D eigenvalue weighted by Gasteiger charge is 2.12. The minimum Gasteiger partial charge on any atom is -0.383 e. The highest BCUT2D eigenvalue weighted by Crippen LogP contribution is 2.16. The average Bonchev–Trinajstić information content (AvgIpc) is 2.46. The first kappa shape index (κ1) is 18.1. The summed E-state index contributed by atoms with van der Waals surface area (Å²) in [4.78, 5) is 9.58. The van der Waals surface area contributed by atoms with Gasteiger partial charge in [0.25, 0.3) is 0 Å². The van der Waals surface area contributed by atoms with Crippen LogP contribution in [0.2, 0.25) is 0 Å². The Kier molecular flexibility index (Phi) is 8.47. The maximum absolute atomic E-state index is 5.05. The molecule has 120 valence electrons. The van der Waals surface area contributed by atoms with Gasteiger partial charge in [-0.15, -0.1) is 0 Å². The summed E-state index contributed by atoms with van der Waals surface area (Å²) < 4.78 is 5.05. The number of aromatic nitrogens is 2. The van der Waals surface area contributed by atoms with Gasteiger partial charge in [-0.1, -0.05) is 27.7 Å². The number of methoxy groups -OCH3 is 1. The molecule has 0 unspecified atom stereocenters. The van der Waals surface area contributed by atoms with Crippen molar-refractivity contribution in [3.05, 3.63) is 22.8 Å². The number of rotatable bonds is 10. The van der Waals surface area contributed by atoms with E-state index in [9.17, 15) is 0 Å². The minimum absolute atomic E-state index is 0.598. The summed E-state index contributed by atoms with van der Waals surface area (Å²) in [6.07, 6.45) is 3.92. The topological polar surface area (TPSA) is 47.0 Å². The standard InChI is InChI=1S/C17H31N3O/c1-6-15-14(8-9-18-10-11-21-5)16(7-2)20-17(19-15)12-13(3)4/h13,18H,6-12H2,1-5H3. The third-order valence-electron chi connectivity index (χ3n) is 3.52. The van der Waals surface area contributed by atoms with Gasteiger partial charge >= 0.3 is 0 Å². The lowest BCUT2D eigenvalue weighted by Gasteiger charge is -2.15. The van der Waals surface area contributed by atoms with Crippen molar-refractivity contribution in [2.45, 2.75) is 53.4 Å². The van der Waals surface area contributed by atoms with Crippen LogP contribution in [0.3, 0.4) is 0 Å². The molecule has 1 aromatic rings. The second kappa shape index (κ2) is 9.85. The second-order valence-electron chi connectivity index (χ2n) is 5.81. The van der Waals surface area contributed by atoms with Crippen molar-refractivity contribution in [3.63, 3.8) is 0 Å². The van der Waals surface area contributed by atoms with Crippen molar-refractivity contribution in [1.29, 1.82) is 0 Å². The van der Waals surface area contributed by atoms with Gasteiger partial charge in [-0.25, -0.2) is 9.97 Å². The van der Waals surface area contributed by atoms with Crippen LogP contribution in [0, 0.1) is 5.92 Å². The number of ether oxygens (including phenoxy) is 1. The van der Waals surface area contributed by atoms with Crippen molar-refractivity contribution in [2.75, 3.05) is 26.8 Å². The second-order valence-corrected chi connectivity index (χ2v) is 5.81. The molecule has 1 heterocycles. The van der Waals surface area contributed by atoms with E-state index in [-0.39, 0.29) is 0 Å². The van der Waals surface area contributed by atoms with Crippen LogP contribution < -0.4 is 5.32 Å². The van der Waals surface area contributed by atoms with E-state index in [1.807, 2.05) is 0 Å². The first-order chi connectivity index (χ1) is 10.1. The van der Waals surface area contributed by atoms with E-state index in [1.165, 1.54) is 17.0 Å². The molecule has 1 rings (SSSR count). The fraction of sp³-hybridized carbons (Fsp3) is 0.765. The fourth-order valence-electron chi connectivity index (χ4n) is 2.48. The first-order valence-corrected chi connectivity index (χ1v) is 8.19. The van der Waals surface area contributed by atoms with E-state index in [0.29, 0.717) is 5.92 Å². The molecule has 0 aliphatic heterocycles. The maximum Gasteiger partial charge on any atom is 0.129 e. The Hall–Kier alpha value is -1.00. The fourth-order valence-corrected chi connectivity index (χ4v) is 2.48. The van der Waals surface area contributed by atoms with Gasteiger partial charge in [-0.3, -0.25) is 0 Å². The van der Waals surface area contributed by atoms with Crippen LogP contribution >= 0.6 is 0 Å². The highest BCUT2D eigenvalue weighted by atomic mass is 16.5. The van der Waals surface area contributed by atoms with Gasteiger partial charge in [0, 0.05) is 31.5 Å². The molecule has 0 saturated carbocycles. The number of nitrogens with one attached hydrogen (secondary N) is 1. The number of hydrogen-bond acceptors (Lipinski definition) is 4. The zero-order valence-electron chi connectivity index (χ0n) is 14.3. The van der Waals surface area contributed by atoms with E-state index in [1.54, 1.807) is 7.11 Å². The van der Waals surface area contributed by atoms with Gasteiger partial charge in [0.2, 0.25) is 0 Å². The molecular formula is C17H31N3O. The Morgan fingerprint density at radius 1 is 1.05 bits per heavy atom. The number of aryl methyl sites for hydroxylation is 2. The Bertz CT molecular complexity index is 393. The molecule has 0 aliphatic rings. The van der Waals surface area contributed by atoms with Crippen molar-refractivity contribution in [2.24, 2.45) is 5.92 Å². The predicted octanol–water partition coefficient (Wildman–Crippen LogP) is 2.58. The third kappa shape index (κ3) is 6.10. The highest BCUT2D eigenvalue weighted by molar-refractivity contribution is 5.27. The summed E-state index contributed by atoms with van der Waals surface area (Å²) in [5.74, 6) is 1.61. The molecular weight excluding hydrogens is 262 g/mol. The van der Waals surface area contributed by atoms with Gasteiger partial charge in [-0.05, 0) is 37.3 Å². The van der Waals surface area contributed by atoms with Crippen molar-refractivity contribution in [1.82, 2.24) is 15.3 Å². The van der Waals surface area contributed by atoms with Gasteiger partial charge in [0.1, 0.15) is 5.82 Å². The molecule has 21 heavy (non-hydrogen) atoms. The van der Waals surface area contributed by atoms with Gasteiger partial charge < -0.3 is 10.1 Å². The molecule has 4 nitrogen and oxygen atoms in total. The largest absolute Gasteiger partial charge is 0.383 e. The molecule has 0 fully saturated rings. The van der Waals surface area contributed by atoms with Crippen LogP contribution in [0.25, 0.3) is 0 Å². The lowest BCUT2D eigenvalue weighted by atomic mass is 10.0. The lowest BCUT2D eigenvalue weighted by molar-refractivity contribution is 0.199. The SMILES string of the molecule is CCc1nc(CC(C)C)nc(CC)c1CCNCCOC. The average molecular weight is 293 g/mol. The van der Waals surface area contributed by atoms with Crippen LogP contribution in [0.4, 0.5) is 0 Å². The van der Waals surface area contributed by atoms with Crippen molar-refractivity contribution >= 4 is 0 Å². The maximum atomic E-state index is 5.05. The summed E-state index contributed by atoms with van der Waals surface area (Å²) in [6, 6.07) is 0. The lowest BCUT2D eigenvalue weighted by Crippen LogP contribution is -2.23. The zero-order valence-corrected chi connectivity index (χ0v) is 14.3. The van der Waals surface area contributed by atoms with Crippen LogP contribution in [-0.4, -0.2) is 36.8 Å². The summed E-state index contributed by atoms with van der Waals surface area (Å²) in [7, 11) is 1.73. The number of hydrogen-bond donors (Lipinski definition) is 1. The monoisotopic (exact) mass is 293 g/mol. The summed E-state index contributed by atoms with van der Waals surface area (Å²) >= 11 is 0. The van der Waals surface area contributed by atoms with Crippen LogP contribution in [-0.2, 0) is 30.4 Å².